The molecule has 0 atom stereocenters. The van der Waals surface area contributed by atoms with E-state index in [0.29, 0.717) is 0 Å². The molecule has 0 heterocycles. The molecule has 0 aromatic heterocycles. The highest BCUT2D eigenvalue weighted by Crippen LogP contribution is 1.91. The second-order valence-electron chi connectivity index (χ2n) is 2.04. The highest BCUT2D eigenvalue weighted by Gasteiger charge is 1.87. The zero-order chi connectivity index (χ0) is 6.95. The average molecular weight is 127 g/mol. The molecule has 0 aliphatic carbocycles. The molecule has 0 fully saturated rings. The molecular formula is C7H16BO. The van der Waals surface area contributed by atoms with Gasteiger partial charge in [0.05, 0.1) is 0 Å². The number of ether oxygens (including phenoxy) is 1. The van der Waals surface area contributed by atoms with Crippen LogP contribution in [-0.2, 0) is 4.74 Å². The minimum absolute atomic E-state index is 0.853. The van der Waals surface area contributed by atoms with Crippen molar-refractivity contribution in [1.29, 1.82) is 0 Å². The number of rotatable bonds is 6. The molecule has 0 amide bonds. The smallest absolute Gasteiger partial charge is 0.109 e. The van der Waals surface area contributed by atoms with Crippen molar-refractivity contribution < 1.29 is 4.74 Å². The van der Waals surface area contributed by atoms with E-state index in [2.05, 4.69) is 14.2 Å². The first-order chi connectivity index (χ1) is 4.41. The molecule has 0 saturated carbocycles. The van der Waals surface area contributed by atoms with E-state index in [1.54, 1.807) is 0 Å². The average Bonchev–Trinajstić information content (AvgIpc) is 1.89. The molecule has 0 aromatic carbocycles. The van der Waals surface area contributed by atoms with E-state index in [1.165, 1.54) is 19.1 Å². The minimum atomic E-state index is 0.853. The van der Waals surface area contributed by atoms with Crippen LogP contribution in [0.15, 0.2) is 0 Å². The lowest BCUT2D eigenvalue weighted by Gasteiger charge is -1.97. The van der Waals surface area contributed by atoms with E-state index >= 15 is 0 Å². The van der Waals surface area contributed by atoms with Crippen LogP contribution in [0.4, 0.5) is 0 Å². The van der Waals surface area contributed by atoms with Crippen LogP contribution in [0.25, 0.3) is 0 Å². The molecule has 1 nitrogen and oxygen atoms in total. The Hall–Kier alpha value is 0.0249. The summed E-state index contributed by atoms with van der Waals surface area (Å²) in [6, 6.07) is 0. The maximum absolute atomic E-state index is 5.16. The Balaban J connectivity index is 2.60. The van der Waals surface area contributed by atoms with Crippen LogP contribution < -0.4 is 0 Å². The Bertz CT molecular complexity index is 42.2. The summed E-state index contributed by atoms with van der Waals surface area (Å²) >= 11 is 0. The van der Waals surface area contributed by atoms with Crippen LogP contribution >= 0.6 is 0 Å². The highest BCUT2D eigenvalue weighted by atomic mass is 16.5. The van der Waals surface area contributed by atoms with Crippen molar-refractivity contribution in [2.24, 2.45) is 0 Å². The lowest BCUT2D eigenvalue weighted by Crippen LogP contribution is -1.95. The van der Waals surface area contributed by atoms with E-state index in [4.69, 9.17) is 4.74 Å². The SMILES string of the molecule is CC[B]CCCOCC. The van der Waals surface area contributed by atoms with Gasteiger partial charge in [-0.15, -0.1) is 0 Å². The minimum Gasteiger partial charge on any atom is -0.382 e. The summed E-state index contributed by atoms with van der Waals surface area (Å²) in [5.74, 6) is 0. The zero-order valence-electron chi connectivity index (χ0n) is 6.52. The fraction of sp³-hybridized carbons (Fsp3) is 1.00. The van der Waals surface area contributed by atoms with Crippen molar-refractivity contribution in [2.75, 3.05) is 13.2 Å². The van der Waals surface area contributed by atoms with Gasteiger partial charge in [0, 0.05) is 13.2 Å². The summed E-state index contributed by atoms with van der Waals surface area (Å²) < 4.78 is 5.16. The summed E-state index contributed by atoms with van der Waals surface area (Å²) in [5.41, 5.74) is 0. The summed E-state index contributed by atoms with van der Waals surface area (Å²) in [4.78, 5) is 0. The molecule has 2 heteroatoms. The maximum atomic E-state index is 5.16. The third kappa shape index (κ3) is 8.02. The van der Waals surface area contributed by atoms with Gasteiger partial charge in [-0.05, 0) is 13.3 Å². The van der Waals surface area contributed by atoms with Crippen LogP contribution in [0.1, 0.15) is 20.3 Å². The zero-order valence-corrected chi connectivity index (χ0v) is 6.52. The Morgan fingerprint density at radius 1 is 1.33 bits per heavy atom. The predicted molar refractivity (Wildman–Crippen MR) is 42.2 cm³/mol. The second kappa shape index (κ2) is 8.02. The van der Waals surface area contributed by atoms with Crippen molar-refractivity contribution in [2.45, 2.75) is 32.9 Å². The first-order valence-corrected chi connectivity index (χ1v) is 3.81. The molecule has 0 saturated heterocycles. The van der Waals surface area contributed by atoms with Gasteiger partial charge in [-0.1, -0.05) is 19.6 Å². The van der Waals surface area contributed by atoms with Gasteiger partial charge in [0.25, 0.3) is 0 Å². The van der Waals surface area contributed by atoms with E-state index in [0.717, 1.165) is 13.2 Å². The molecule has 0 aliphatic heterocycles. The molecule has 0 N–H and O–H groups in total. The standard InChI is InChI=1S/C7H16BO/c1-3-8-6-5-7-9-4-2/h3-7H2,1-2H3. The molecule has 0 spiro atoms. The van der Waals surface area contributed by atoms with E-state index in [-0.39, 0.29) is 0 Å². The summed E-state index contributed by atoms with van der Waals surface area (Å²) in [5, 5.41) is 0. The van der Waals surface area contributed by atoms with Gasteiger partial charge in [-0.3, -0.25) is 0 Å². The van der Waals surface area contributed by atoms with Crippen LogP contribution in [-0.4, -0.2) is 20.5 Å². The first-order valence-electron chi connectivity index (χ1n) is 3.81. The normalized spacial score (nSPS) is 9.56. The fourth-order valence-corrected chi connectivity index (χ4v) is 0.678. The highest BCUT2D eigenvalue weighted by molar-refractivity contribution is 6.35. The number of hydrogen-bond acceptors (Lipinski definition) is 1. The maximum Gasteiger partial charge on any atom is 0.109 e. The Morgan fingerprint density at radius 2 is 2.11 bits per heavy atom. The molecule has 0 aliphatic rings. The van der Waals surface area contributed by atoms with Crippen LogP contribution in [0.5, 0.6) is 0 Å². The molecule has 0 bridgehead atoms. The Morgan fingerprint density at radius 3 is 2.67 bits per heavy atom. The molecule has 0 rings (SSSR count). The second-order valence-corrected chi connectivity index (χ2v) is 2.04. The largest absolute Gasteiger partial charge is 0.382 e. The lowest BCUT2D eigenvalue weighted by atomic mass is 9.71. The number of hydrogen-bond donors (Lipinski definition) is 0. The van der Waals surface area contributed by atoms with Gasteiger partial charge in [-0.25, -0.2) is 0 Å². The lowest BCUT2D eigenvalue weighted by molar-refractivity contribution is 0.148. The van der Waals surface area contributed by atoms with Gasteiger partial charge in [0.1, 0.15) is 7.28 Å². The van der Waals surface area contributed by atoms with Gasteiger partial charge in [0.2, 0.25) is 0 Å². The van der Waals surface area contributed by atoms with Gasteiger partial charge in [0.15, 0.2) is 0 Å². The van der Waals surface area contributed by atoms with E-state index in [1.807, 2.05) is 6.92 Å². The topological polar surface area (TPSA) is 9.23 Å². The summed E-state index contributed by atoms with van der Waals surface area (Å²) in [6.07, 6.45) is 3.57. The first kappa shape index (κ1) is 9.02. The molecule has 1 radical (unpaired) electrons. The molecule has 53 valence electrons. The van der Waals surface area contributed by atoms with Crippen LogP contribution in [0.3, 0.4) is 0 Å². The van der Waals surface area contributed by atoms with Crippen molar-refractivity contribution in [3.8, 4) is 0 Å². The van der Waals surface area contributed by atoms with Gasteiger partial charge in [-0.2, -0.15) is 0 Å². The Labute approximate surface area is 59.0 Å². The van der Waals surface area contributed by atoms with Gasteiger partial charge >= 0.3 is 0 Å². The van der Waals surface area contributed by atoms with Crippen molar-refractivity contribution >= 4 is 7.28 Å². The quantitative estimate of drug-likeness (QED) is 0.391. The summed E-state index contributed by atoms with van der Waals surface area (Å²) in [7, 11) is 2.29. The van der Waals surface area contributed by atoms with Crippen molar-refractivity contribution in [3.05, 3.63) is 0 Å². The van der Waals surface area contributed by atoms with Crippen molar-refractivity contribution in [3.63, 3.8) is 0 Å². The van der Waals surface area contributed by atoms with Crippen LogP contribution in [0, 0.1) is 0 Å². The molecule has 0 aromatic rings. The predicted octanol–water partition coefficient (Wildman–Crippen LogP) is 1.97. The van der Waals surface area contributed by atoms with Gasteiger partial charge < -0.3 is 4.74 Å². The van der Waals surface area contributed by atoms with E-state index in [9.17, 15) is 0 Å². The van der Waals surface area contributed by atoms with Crippen molar-refractivity contribution in [1.82, 2.24) is 0 Å². The molecular weight excluding hydrogens is 111 g/mol. The van der Waals surface area contributed by atoms with Crippen LogP contribution in [0.2, 0.25) is 12.6 Å². The van der Waals surface area contributed by atoms with E-state index < -0.39 is 0 Å². The fourth-order valence-electron chi connectivity index (χ4n) is 0.678. The molecule has 9 heavy (non-hydrogen) atoms. The third-order valence-corrected chi connectivity index (χ3v) is 1.19. The Kier molecular flexibility index (Phi) is 8.05. The summed E-state index contributed by atoms with van der Waals surface area (Å²) in [6.45, 7) is 5.98. The molecule has 0 unspecified atom stereocenters. The third-order valence-electron chi connectivity index (χ3n) is 1.19. The monoisotopic (exact) mass is 127 g/mol.